The number of hydrogen-bond acceptors (Lipinski definition) is 29. The van der Waals surface area contributed by atoms with Crippen molar-refractivity contribution in [2.45, 2.75) is 209 Å². The van der Waals surface area contributed by atoms with E-state index in [0.717, 1.165) is 50.7 Å². The first-order valence-electron chi connectivity index (χ1n) is 39.4. The summed E-state index contributed by atoms with van der Waals surface area (Å²) in [6, 6.07) is 0. The van der Waals surface area contributed by atoms with Crippen molar-refractivity contribution in [2.24, 2.45) is 0 Å². The van der Waals surface area contributed by atoms with E-state index in [1.165, 1.54) is 43.9 Å². The first-order valence-corrected chi connectivity index (χ1v) is 55.1. The Labute approximate surface area is 712 Å². The summed E-state index contributed by atoms with van der Waals surface area (Å²) in [6.07, 6.45) is 15.1. The van der Waals surface area contributed by atoms with Crippen LogP contribution in [0.25, 0.3) is 0 Å². The van der Waals surface area contributed by atoms with Crippen LogP contribution in [0.1, 0.15) is 108 Å². The number of amides is 2. The predicted molar refractivity (Wildman–Crippen MR) is 481 cm³/mol. The number of H-pyrrole nitrogens is 4. The predicted octanol–water partition coefficient (Wildman–Crippen LogP) is -0.973. The molecular formula is C78H126N11O27P5S. The minimum atomic E-state index is -1.35. The molecule has 5 fully saturated rings. The summed E-state index contributed by atoms with van der Waals surface area (Å²) in [7, 11) is 0. The molecule has 10 rings (SSSR count). The van der Waals surface area contributed by atoms with E-state index in [2.05, 4.69) is 122 Å². The molecule has 2 amide bonds. The number of carbonyl (C=O) groups excluding carboxylic acids is 4. The number of aromatic amines is 4. The number of nitrogens with zero attached hydrogens (tertiary/aromatic N) is 5. The number of hydrogen-bond donors (Lipinski definition) is 16. The van der Waals surface area contributed by atoms with Crippen LogP contribution >= 0.6 is 46.6 Å². The van der Waals surface area contributed by atoms with Gasteiger partial charge in [0, 0.05) is 61.4 Å². The van der Waals surface area contributed by atoms with Gasteiger partial charge >= 0.3 is 17.1 Å². The van der Waals surface area contributed by atoms with Gasteiger partial charge in [-0.3, -0.25) is 76.6 Å². The number of aliphatic hydroxyl groups excluding tert-OH is 10. The highest BCUT2D eigenvalue weighted by atomic mass is 32.1. The van der Waals surface area contributed by atoms with E-state index in [1.807, 2.05) is 13.3 Å². The standard InChI is InChI=1S/C16H26N3O5PS.C16H25N2O7P.C16H25N2O6P.C15H25N2O5P.C15H25N2O4P/c1-9(20)17-7-10-8-19(16(26)18-14(10)23)15-13(22)12(21)11(24-15)5-6-25(2,3)4;1-9(19)8-24-11-7-18(16(23)17-14(11)22)15-13(21)12(20)10(25-15)5-6-26(2,3)4;1-9(19)7-10-8-18(16(23)17-14(10)22)15-13(21)12(20)11(24-15)5-6-25(2,3)4;1-5-9-8-17(15(21)16-13(9)20)14-12(19)11(18)10(22-14)6-7-23(2,3)4;1-9-8-17(10(2)16-14(9)20)15-13(19)12(18)11(21-15)6-7-22(3,4)5/h8,11-13,15,21-22H,2,5-7H2,1,3-4H3,(H,17,20)(H,18,23,26);7,10,12-13,15,20-21H,2,5-6,8H2,1,3-4H3,(H,17,22,23);8,11-13,15,20-21H,2,5-7H2,1,3-4H3,(H,17,22,23);8,10-12,14,18-19H,2,5-7H2,1,3-4H3,(H,16,20,21);8,11-13,15,18-19H,2-3,6-7H2,1,4-5H3,(H,16,20)/t11?,12-,13-,15-;10?,12-,13-,15-;11?,12-,13-,15-;10?,11-,12-,14-;11?,12-,13-,15-/m11111/s1. The largest absolute Gasteiger partial charge is 0.479 e. The van der Waals surface area contributed by atoms with Crippen molar-refractivity contribution < 1.29 is 98.7 Å². The Kier molecular flexibility index (Phi) is 37.4. The molecular weight excluding hydrogens is 1710 g/mol. The second kappa shape index (κ2) is 43.7. The lowest BCUT2D eigenvalue weighted by Crippen LogP contribution is -2.47. The smallest absolute Gasteiger partial charge is 0.330 e. The zero-order valence-electron chi connectivity index (χ0n) is 71.9. The Morgan fingerprint density at radius 1 is 0.451 bits per heavy atom. The van der Waals surface area contributed by atoms with Gasteiger partial charge in [0.25, 0.3) is 28.1 Å². The molecule has 44 heteroatoms. The zero-order chi connectivity index (χ0) is 92.2. The van der Waals surface area contributed by atoms with Gasteiger partial charge in [-0.1, -0.05) is 13.5 Å². The molecule has 6 aliphatic rings. The van der Waals surface area contributed by atoms with Gasteiger partial charge in [-0.05, 0) is 169 Å². The molecule has 122 heavy (non-hydrogen) atoms. The number of aromatic nitrogens is 8. The molecule has 10 heterocycles. The van der Waals surface area contributed by atoms with Crippen LogP contribution in [0, 0.1) is 4.77 Å². The molecule has 4 aromatic heterocycles. The molecule has 0 aliphatic carbocycles. The Morgan fingerprint density at radius 2 is 0.762 bits per heavy atom. The molecule has 0 radical (unpaired) electrons. The van der Waals surface area contributed by atoms with E-state index in [-0.39, 0.29) is 64.6 Å². The Balaban J connectivity index is 0.000000236. The molecule has 5 unspecified atom stereocenters. The van der Waals surface area contributed by atoms with Crippen molar-refractivity contribution in [2.75, 3.05) is 104 Å². The summed E-state index contributed by atoms with van der Waals surface area (Å²) in [5.74, 6) is -0.951. The second-order valence-corrected chi connectivity index (χ2v) is 56.8. The SMILES string of the molecule is C=C1NC(=O)C(C)=CN1[C@@H]1OC(CCP(=C)(C)C)[C@@H](O)[C@H]1O.C=P(C)(C)CCC1O[C@@H](n2cc(CC(C)=O)c(=O)[nH]c2=O)[C@H](O)[C@@H]1O.C=P(C)(C)CCC1O[C@@H](n2cc(CC)c(=O)[nH]c2=O)[C@H](O)[C@@H]1O.C=P(C)(C)CCC1O[C@@H](n2cc(CNC(C)=O)c(=O)[nH]c2=S)[C@H](O)[C@@H]1O.C=P(C)(C)CCC1O[C@@H](n2cc(OCC(C)=O)c(=O)[nH]c2=O)[C@H](O)[C@@H]1O. The molecule has 0 spiro atoms. The van der Waals surface area contributed by atoms with Crippen molar-refractivity contribution in [3.8, 4) is 5.75 Å². The third-order valence-corrected chi connectivity index (χ3v) is 27.9. The van der Waals surface area contributed by atoms with E-state index in [1.54, 1.807) is 24.9 Å². The molecule has 686 valence electrons. The minimum absolute atomic E-state index is 0.0231. The van der Waals surface area contributed by atoms with Crippen LogP contribution in [0.5, 0.6) is 5.75 Å². The van der Waals surface area contributed by atoms with Crippen molar-refractivity contribution in [1.82, 2.24) is 53.7 Å². The Bertz CT molecular complexity index is 5060. The highest BCUT2D eigenvalue weighted by molar-refractivity contribution is 7.73. The van der Waals surface area contributed by atoms with Gasteiger partial charge < -0.3 is 95.0 Å². The van der Waals surface area contributed by atoms with Crippen LogP contribution < -0.4 is 54.7 Å². The summed E-state index contributed by atoms with van der Waals surface area (Å²) < 4.78 is 38.5. The summed E-state index contributed by atoms with van der Waals surface area (Å²) in [4.78, 5) is 139. The summed E-state index contributed by atoms with van der Waals surface area (Å²) in [5.41, 5.74) is -3.26. The van der Waals surface area contributed by atoms with Crippen molar-refractivity contribution in [3.05, 3.63) is 143 Å². The molecule has 0 bridgehead atoms. The van der Waals surface area contributed by atoms with Gasteiger partial charge in [-0.2, -0.15) is 0 Å². The minimum Gasteiger partial charge on any atom is -0.479 e. The van der Waals surface area contributed by atoms with Crippen molar-refractivity contribution in [1.29, 1.82) is 0 Å². The van der Waals surface area contributed by atoms with Crippen molar-refractivity contribution in [3.63, 3.8) is 0 Å². The first kappa shape index (κ1) is 104. The monoisotopic (exact) mass is 1840 g/mol. The summed E-state index contributed by atoms with van der Waals surface area (Å²) in [5, 5.41) is 108. The fourth-order valence-electron chi connectivity index (χ4n) is 13.3. The van der Waals surface area contributed by atoms with Crippen LogP contribution in [0.4, 0.5) is 0 Å². The van der Waals surface area contributed by atoms with Gasteiger partial charge in [-0.25, -0.2) is 14.4 Å². The van der Waals surface area contributed by atoms with E-state index in [4.69, 9.17) is 40.6 Å². The first-order chi connectivity index (χ1) is 56.2. The summed E-state index contributed by atoms with van der Waals surface area (Å²) >= 11 is 5.17. The molecule has 38 nitrogen and oxygen atoms in total. The van der Waals surface area contributed by atoms with E-state index in [0.29, 0.717) is 55.5 Å². The van der Waals surface area contributed by atoms with Crippen LogP contribution in [0.15, 0.2) is 82.5 Å². The number of rotatable bonds is 28. The number of carbonyl (C=O) groups is 4. The van der Waals surface area contributed by atoms with Crippen LogP contribution in [-0.2, 0) is 62.2 Å². The Morgan fingerprint density at radius 3 is 1.11 bits per heavy atom. The molecule has 0 saturated carbocycles. The second-order valence-electron chi connectivity index (χ2n) is 34.8. The molecule has 16 N–H and O–H groups in total. The van der Waals surface area contributed by atoms with Crippen LogP contribution in [0.2, 0.25) is 0 Å². The van der Waals surface area contributed by atoms with Gasteiger partial charge in [0.2, 0.25) is 11.7 Å². The maximum absolute atomic E-state index is 12.1. The molecule has 5 saturated heterocycles. The molecule has 4 aromatic rings. The maximum Gasteiger partial charge on any atom is 0.330 e. The lowest BCUT2D eigenvalue weighted by Gasteiger charge is -2.34. The van der Waals surface area contributed by atoms with Crippen molar-refractivity contribution >= 4 is 102 Å². The fraction of sp³-hybridized carbons (Fsp3) is 0.628. The third kappa shape index (κ3) is 29.8. The number of ether oxygens (including phenoxy) is 6. The average molecular weight is 1840 g/mol. The number of Topliss-reactive ketones (excluding diaryl/α,β-unsaturated/α-hetero) is 2. The topological polar surface area (TPSA) is 556 Å². The average Bonchev–Trinajstić information content (AvgIpc) is 1.64. The normalized spacial score (nSPS) is 27.8. The lowest BCUT2D eigenvalue weighted by molar-refractivity contribution is -0.120. The van der Waals surface area contributed by atoms with E-state index >= 15 is 0 Å². The van der Waals surface area contributed by atoms with E-state index < -0.39 is 196 Å². The number of aryl methyl sites for hydroxylation is 1. The summed E-state index contributed by atoms with van der Waals surface area (Å²) in [6.45, 7) is 25.3. The third-order valence-electron chi connectivity index (χ3n) is 20.3. The number of ketones is 2. The van der Waals surface area contributed by atoms with Gasteiger partial charge in [0.1, 0.15) is 79.3 Å². The van der Waals surface area contributed by atoms with E-state index in [9.17, 15) is 104 Å². The Hall–Kier alpha value is -6.60. The maximum atomic E-state index is 12.1. The van der Waals surface area contributed by atoms with Crippen LogP contribution in [0.3, 0.4) is 0 Å². The molecule has 6 aliphatic heterocycles. The van der Waals surface area contributed by atoms with Gasteiger partial charge in [0.05, 0.1) is 42.3 Å². The highest BCUT2D eigenvalue weighted by Gasteiger charge is 2.50. The molecule has 0 aromatic carbocycles. The quantitative estimate of drug-likeness (QED) is 0.0240. The molecule has 20 atom stereocenters. The highest BCUT2D eigenvalue weighted by Crippen LogP contribution is 2.44. The van der Waals surface area contributed by atoms with Crippen LogP contribution in [-0.4, -0.2) is 351 Å². The number of nitrogens with one attached hydrogen (secondary N) is 6. The zero-order valence-corrected chi connectivity index (χ0v) is 77.2. The lowest BCUT2D eigenvalue weighted by atomic mass is 10.1. The van der Waals surface area contributed by atoms with Gasteiger partial charge in [0.15, 0.2) is 41.7 Å². The number of aliphatic hydroxyl groups is 10. The fourth-order valence-corrected chi connectivity index (χ4v) is 18.3. The van der Waals surface area contributed by atoms with Gasteiger partial charge in [-0.15, -0.1) is 65.9 Å².